The maximum absolute atomic E-state index is 13.1. The van der Waals surface area contributed by atoms with Gasteiger partial charge >= 0.3 is 0 Å². The van der Waals surface area contributed by atoms with Crippen molar-refractivity contribution in [1.82, 2.24) is 10.2 Å². The normalized spacial score (nSPS) is 20.4. The molecule has 2 rings (SSSR count). The Balaban J connectivity index is 2.21. The number of aryl methyl sites for hydroxylation is 1. The van der Waals surface area contributed by atoms with E-state index in [1.54, 1.807) is 19.1 Å². The molecule has 0 spiro atoms. The molecule has 4 heteroatoms. The van der Waals surface area contributed by atoms with Gasteiger partial charge in [0.1, 0.15) is 5.82 Å². The third kappa shape index (κ3) is 2.47. The van der Waals surface area contributed by atoms with E-state index in [9.17, 15) is 9.18 Å². The van der Waals surface area contributed by atoms with Gasteiger partial charge in [0.2, 0.25) is 0 Å². The molecule has 1 amide bonds. The van der Waals surface area contributed by atoms with Crippen LogP contribution >= 0.6 is 0 Å². The lowest BCUT2D eigenvalue weighted by Gasteiger charge is -2.34. The van der Waals surface area contributed by atoms with Crippen molar-refractivity contribution in [2.75, 3.05) is 19.6 Å². The third-order valence-electron chi connectivity index (χ3n) is 3.17. The summed E-state index contributed by atoms with van der Waals surface area (Å²) in [6.07, 6.45) is 0. The number of amides is 1. The van der Waals surface area contributed by atoms with Crippen molar-refractivity contribution in [3.8, 4) is 0 Å². The fourth-order valence-corrected chi connectivity index (χ4v) is 2.09. The molecule has 0 bridgehead atoms. The minimum atomic E-state index is -0.269. The van der Waals surface area contributed by atoms with Crippen LogP contribution in [0, 0.1) is 12.7 Å². The number of piperazine rings is 1. The van der Waals surface area contributed by atoms with Crippen molar-refractivity contribution >= 4 is 5.91 Å². The van der Waals surface area contributed by atoms with Gasteiger partial charge in [-0.25, -0.2) is 4.39 Å². The second-order valence-electron chi connectivity index (χ2n) is 4.52. The minimum absolute atomic E-state index is 0.0119. The van der Waals surface area contributed by atoms with E-state index in [0.717, 1.165) is 13.1 Å². The van der Waals surface area contributed by atoms with Crippen molar-refractivity contribution in [2.45, 2.75) is 19.9 Å². The predicted molar refractivity (Wildman–Crippen MR) is 64.5 cm³/mol. The first-order valence-electron chi connectivity index (χ1n) is 5.87. The van der Waals surface area contributed by atoms with Gasteiger partial charge < -0.3 is 10.2 Å². The average molecular weight is 236 g/mol. The molecule has 0 aromatic heterocycles. The lowest BCUT2D eigenvalue weighted by Crippen LogP contribution is -2.52. The van der Waals surface area contributed by atoms with Crippen LogP contribution in [0.1, 0.15) is 22.8 Å². The summed E-state index contributed by atoms with van der Waals surface area (Å²) >= 11 is 0. The third-order valence-corrected chi connectivity index (χ3v) is 3.17. The molecular formula is C13H17FN2O. The van der Waals surface area contributed by atoms with E-state index >= 15 is 0 Å². The molecule has 1 aromatic carbocycles. The summed E-state index contributed by atoms with van der Waals surface area (Å²) < 4.78 is 13.1. The number of nitrogens with one attached hydrogen (secondary N) is 1. The molecule has 1 aliphatic heterocycles. The molecule has 0 radical (unpaired) electrons. The van der Waals surface area contributed by atoms with Crippen LogP contribution < -0.4 is 5.32 Å². The number of hydrogen-bond acceptors (Lipinski definition) is 2. The van der Waals surface area contributed by atoms with E-state index in [0.29, 0.717) is 17.7 Å². The zero-order chi connectivity index (χ0) is 12.4. The van der Waals surface area contributed by atoms with Crippen LogP contribution in [0.5, 0.6) is 0 Å². The van der Waals surface area contributed by atoms with Crippen molar-refractivity contribution in [1.29, 1.82) is 0 Å². The Morgan fingerprint density at radius 2 is 2.29 bits per heavy atom. The number of benzene rings is 1. The van der Waals surface area contributed by atoms with E-state index in [4.69, 9.17) is 0 Å². The number of rotatable bonds is 1. The van der Waals surface area contributed by atoms with Crippen molar-refractivity contribution in [2.24, 2.45) is 0 Å². The standard InChI is InChI=1S/C13H17FN2O/c1-9-7-11(3-4-12(9)14)13(17)16-6-5-15-8-10(16)2/h3-4,7,10,15H,5-6,8H2,1-2H3/t10-/m1/s1. The van der Waals surface area contributed by atoms with Crippen molar-refractivity contribution in [3.63, 3.8) is 0 Å². The maximum Gasteiger partial charge on any atom is 0.254 e. The summed E-state index contributed by atoms with van der Waals surface area (Å²) in [6.45, 7) is 6.02. The quantitative estimate of drug-likeness (QED) is 0.802. The van der Waals surface area contributed by atoms with Crippen molar-refractivity contribution in [3.05, 3.63) is 35.1 Å². The number of hydrogen-bond donors (Lipinski definition) is 1. The zero-order valence-corrected chi connectivity index (χ0v) is 10.2. The summed E-state index contributed by atoms with van der Waals surface area (Å²) in [5.74, 6) is -0.281. The second-order valence-corrected chi connectivity index (χ2v) is 4.52. The van der Waals surface area contributed by atoms with Crippen LogP contribution in [-0.4, -0.2) is 36.5 Å². The lowest BCUT2D eigenvalue weighted by molar-refractivity contribution is 0.0655. The molecule has 1 atom stereocenters. The molecule has 1 aliphatic rings. The summed E-state index contributed by atoms with van der Waals surface area (Å²) in [5, 5.41) is 3.24. The lowest BCUT2D eigenvalue weighted by atomic mass is 10.1. The van der Waals surface area contributed by atoms with Crippen LogP contribution in [0.2, 0.25) is 0 Å². The van der Waals surface area contributed by atoms with Gasteiger partial charge in [0, 0.05) is 31.2 Å². The Labute approximate surface area is 101 Å². The first-order chi connectivity index (χ1) is 8.09. The molecule has 3 nitrogen and oxygen atoms in total. The fraction of sp³-hybridized carbons (Fsp3) is 0.462. The van der Waals surface area contributed by atoms with E-state index in [1.807, 2.05) is 11.8 Å². The van der Waals surface area contributed by atoms with E-state index in [2.05, 4.69) is 5.32 Å². The molecule has 0 unspecified atom stereocenters. The molecule has 17 heavy (non-hydrogen) atoms. The number of halogens is 1. The topological polar surface area (TPSA) is 32.3 Å². The zero-order valence-electron chi connectivity index (χ0n) is 10.2. The summed E-state index contributed by atoms with van der Waals surface area (Å²) in [5.41, 5.74) is 1.08. The number of carbonyl (C=O) groups is 1. The van der Waals surface area contributed by atoms with Gasteiger partial charge in [0.25, 0.3) is 5.91 Å². The van der Waals surface area contributed by atoms with Crippen LogP contribution in [-0.2, 0) is 0 Å². The van der Waals surface area contributed by atoms with Gasteiger partial charge in [-0.05, 0) is 37.6 Å². The Morgan fingerprint density at radius 1 is 1.53 bits per heavy atom. The molecule has 1 heterocycles. The molecule has 1 N–H and O–H groups in total. The van der Waals surface area contributed by atoms with Crippen LogP contribution in [0.3, 0.4) is 0 Å². The molecule has 0 aliphatic carbocycles. The van der Waals surface area contributed by atoms with Crippen molar-refractivity contribution < 1.29 is 9.18 Å². The Morgan fingerprint density at radius 3 is 2.94 bits per heavy atom. The largest absolute Gasteiger partial charge is 0.333 e. The number of nitrogens with zero attached hydrogens (tertiary/aromatic N) is 1. The van der Waals surface area contributed by atoms with E-state index in [1.165, 1.54) is 6.07 Å². The van der Waals surface area contributed by atoms with E-state index in [-0.39, 0.29) is 17.8 Å². The van der Waals surface area contributed by atoms with Gasteiger partial charge in [-0.3, -0.25) is 4.79 Å². The van der Waals surface area contributed by atoms with Gasteiger partial charge in [-0.15, -0.1) is 0 Å². The molecule has 1 aromatic rings. The Bertz CT molecular complexity index is 433. The smallest absolute Gasteiger partial charge is 0.254 e. The van der Waals surface area contributed by atoms with Gasteiger partial charge in [0.15, 0.2) is 0 Å². The SMILES string of the molecule is Cc1cc(C(=O)N2CCNC[C@H]2C)ccc1F. The van der Waals surface area contributed by atoms with Gasteiger partial charge in [0.05, 0.1) is 0 Å². The predicted octanol–water partition coefficient (Wildman–Crippen LogP) is 1.57. The van der Waals surface area contributed by atoms with Gasteiger partial charge in [-0.2, -0.15) is 0 Å². The molecular weight excluding hydrogens is 219 g/mol. The monoisotopic (exact) mass is 236 g/mol. The van der Waals surface area contributed by atoms with Crippen LogP contribution in [0.25, 0.3) is 0 Å². The van der Waals surface area contributed by atoms with E-state index < -0.39 is 0 Å². The first-order valence-corrected chi connectivity index (χ1v) is 5.87. The maximum atomic E-state index is 13.1. The first kappa shape index (κ1) is 12.0. The molecule has 1 saturated heterocycles. The Hall–Kier alpha value is -1.42. The minimum Gasteiger partial charge on any atom is -0.333 e. The van der Waals surface area contributed by atoms with Crippen LogP contribution in [0.15, 0.2) is 18.2 Å². The molecule has 92 valence electrons. The average Bonchev–Trinajstić information content (AvgIpc) is 2.32. The van der Waals surface area contributed by atoms with Crippen LogP contribution in [0.4, 0.5) is 4.39 Å². The Kier molecular flexibility index (Phi) is 3.43. The summed E-state index contributed by atoms with van der Waals surface area (Å²) in [4.78, 5) is 14.1. The molecule has 0 saturated carbocycles. The summed E-state index contributed by atoms with van der Waals surface area (Å²) in [6, 6.07) is 4.71. The highest BCUT2D eigenvalue weighted by Gasteiger charge is 2.24. The highest BCUT2D eigenvalue weighted by Crippen LogP contribution is 2.14. The second kappa shape index (κ2) is 4.84. The molecule has 1 fully saturated rings. The van der Waals surface area contributed by atoms with Gasteiger partial charge in [-0.1, -0.05) is 0 Å². The highest BCUT2D eigenvalue weighted by molar-refractivity contribution is 5.94. The fourth-order valence-electron chi connectivity index (χ4n) is 2.09. The summed E-state index contributed by atoms with van der Waals surface area (Å²) in [7, 11) is 0. The highest BCUT2D eigenvalue weighted by atomic mass is 19.1. The number of carbonyl (C=O) groups excluding carboxylic acids is 1.